The standard InChI is InChI=1S/C20H30NOPSi2/c1-21-14-15-10-8-9-11-17(15)23-18-12-16(24(2,3)4)13-19(20(18)22)25(5,6)7/h8-14,22-23H,1-7H3/b21-14+. The Labute approximate surface area is 156 Å². The molecule has 0 aliphatic rings. The van der Waals surface area contributed by atoms with E-state index in [0.29, 0.717) is 14.3 Å². The monoisotopic (exact) mass is 387 g/mol. The lowest BCUT2D eigenvalue weighted by molar-refractivity contribution is 0.484. The summed E-state index contributed by atoms with van der Waals surface area (Å²) in [5.74, 6) is 0.516. The molecule has 0 aliphatic heterocycles. The van der Waals surface area contributed by atoms with E-state index < -0.39 is 16.1 Å². The van der Waals surface area contributed by atoms with E-state index >= 15 is 0 Å². The van der Waals surface area contributed by atoms with Gasteiger partial charge in [0, 0.05) is 18.6 Å². The second-order valence-electron chi connectivity index (χ2n) is 8.52. The summed E-state index contributed by atoms with van der Waals surface area (Å²) in [6.45, 7) is 14.0. The molecule has 0 fully saturated rings. The summed E-state index contributed by atoms with van der Waals surface area (Å²) in [6, 6.07) is 12.9. The lowest BCUT2D eigenvalue weighted by atomic mass is 10.2. The summed E-state index contributed by atoms with van der Waals surface area (Å²) in [4.78, 5) is 4.17. The zero-order chi connectivity index (χ0) is 18.8. The molecule has 5 heteroatoms. The molecule has 0 amide bonds. The van der Waals surface area contributed by atoms with Crippen molar-refractivity contribution in [2.45, 2.75) is 39.3 Å². The van der Waals surface area contributed by atoms with Crippen molar-refractivity contribution in [1.29, 1.82) is 0 Å². The van der Waals surface area contributed by atoms with Crippen molar-refractivity contribution in [2.75, 3.05) is 7.05 Å². The predicted molar refractivity (Wildman–Crippen MR) is 122 cm³/mol. The molecule has 2 nitrogen and oxygen atoms in total. The van der Waals surface area contributed by atoms with Gasteiger partial charge in [0.15, 0.2) is 0 Å². The van der Waals surface area contributed by atoms with Gasteiger partial charge in [-0.05, 0) is 16.1 Å². The molecule has 0 saturated carbocycles. The number of aliphatic imine (C=N–C) groups is 1. The number of nitrogens with zero attached hydrogens (tertiary/aromatic N) is 1. The molecule has 1 N–H and O–H groups in total. The largest absolute Gasteiger partial charge is 0.507 e. The van der Waals surface area contributed by atoms with Crippen LogP contribution in [0.4, 0.5) is 0 Å². The first-order chi connectivity index (χ1) is 11.5. The normalized spacial score (nSPS) is 13.2. The second-order valence-corrected chi connectivity index (χ2v) is 20.0. The SMILES string of the molecule is C/N=C/c1ccccc1Pc1cc([Si](C)(C)C)cc([Si](C)(C)C)c1O. The molecule has 0 aromatic heterocycles. The van der Waals surface area contributed by atoms with Gasteiger partial charge >= 0.3 is 0 Å². The molecule has 0 aliphatic carbocycles. The molecule has 2 rings (SSSR count). The molecule has 25 heavy (non-hydrogen) atoms. The van der Waals surface area contributed by atoms with Crippen LogP contribution < -0.4 is 21.0 Å². The van der Waals surface area contributed by atoms with E-state index in [4.69, 9.17) is 0 Å². The highest BCUT2D eigenvalue weighted by Gasteiger charge is 2.27. The number of aromatic hydroxyl groups is 1. The first kappa shape index (κ1) is 20.1. The zero-order valence-corrected chi connectivity index (χ0v) is 19.4. The molecule has 0 saturated heterocycles. The van der Waals surface area contributed by atoms with Crippen molar-refractivity contribution >= 4 is 51.9 Å². The van der Waals surface area contributed by atoms with Crippen LogP contribution in [0.2, 0.25) is 39.3 Å². The number of phenolic OH excluding ortho intramolecular Hbond substituents is 1. The van der Waals surface area contributed by atoms with E-state index in [0.717, 1.165) is 10.9 Å². The van der Waals surface area contributed by atoms with Crippen LogP contribution in [0.1, 0.15) is 5.56 Å². The molecule has 0 radical (unpaired) electrons. The van der Waals surface area contributed by atoms with Crippen LogP contribution in [0.3, 0.4) is 0 Å². The summed E-state index contributed by atoms with van der Waals surface area (Å²) >= 11 is 0. The summed E-state index contributed by atoms with van der Waals surface area (Å²) in [7, 11) is -0.833. The molecule has 0 bridgehead atoms. The van der Waals surface area contributed by atoms with E-state index in [1.54, 1.807) is 7.05 Å². The minimum absolute atomic E-state index is 0.438. The molecular formula is C20H30NOPSi2. The third kappa shape index (κ3) is 4.90. The van der Waals surface area contributed by atoms with Crippen molar-refractivity contribution in [3.05, 3.63) is 42.0 Å². The van der Waals surface area contributed by atoms with Gasteiger partial charge in [-0.15, -0.1) is 0 Å². The van der Waals surface area contributed by atoms with Gasteiger partial charge in [0.1, 0.15) is 5.75 Å². The van der Waals surface area contributed by atoms with Crippen LogP contribution in [-0.4, -0.2) is 34.5 Å². The lowest BCUT2D eigenvalue weighted by Gasteiger charge is -2.26. The van der Waals surface area contributed by atoms with Gasteiger partial charge in [-0.25, -0.2) is 0 Å². The Morgan fingerprint density at radius 1 is 0.920 bits per heavy atom. The topological polar surface area (TPSA) is 32.6 Å². The Balaban J connectivity index is 2.61. The Morgan fingerprint density at radius 3 is 2.12 bits per heavy atom. The molecule has 1 atom stereocenters. The van der Waals surface area contributed by atoms with Crippen LogP contribution in [0, 0.1) is 0 Å². The molecule has 0 spiro atoms. The third-order valence-electron chi connectivity index (χ3n) is 4.28. The quantitative estimate of drug-likeness (QED) is 0.477. The highest BCUT2D eigenvalue weighted by atomic mass is 31.1. The number of phenols is 1. The van der Waals surface area contributed by atoms with E-state index in [-0.39, 0.29) is 0 Å². The average molecular weight is 388 g/mol. The van der Waals surface area contributed by atoms with Gasteiger partial charge in [0.25, 0.3) is 0 Å². The van der Waals surface area contributed by atoms with Crippen LogP contribution in [0.25, 0.3) is 0 Å². The average Bonchev–Trinajstić information content (AvgIpc) is 2.49. The lowest BCUT2D eigenvalue weighted by Crippen LogP contribution is -2.47. The van der Waals surface area contributed by atoms with Crippen molar-refractivity contribution in [1.82, 2.24) is 0 Å². The predicted octanol–water partition coefficient (Wildman–Crippen LogP) is 3.16. The van der Waals surface area contributed by atoms with Crippen LogP contribution in [0.5, 0.6) is 5.75 Å². The van der Waals surface area contributed by atoms with Gasteiger partial charge in [0.05, 0.1) is 16.1 Å². The van der Waals surface area contributed by atoms with Crippen LogP contribution >= 0.6 is 8.58 Å². The first-order valence-corrected chi connectivity index (χ1v) is 16.7. The molecule has 134 valence electrons. The maximum Gasteiger partial charge on any atom is 0.122 e. The minimum atomic E-state index is -1.62. The van der Waals surface area contributed by atoms with Gasteiger partial charge in [-0.2, -0.15) is 0 Å². The molecule has 2 aromatic carbocycles. The van der Waals surface area contributed by atoms with Gasteiger partial charge in [-0.3, -0.25) is 4.99 Å². The summed E-state index contributed by atoms with van der Waals surface area (Å²) in [5.41, 5.74) is 1.13. The Morgan fingerprint density at radius 2 is 1.56 bits per heavy atom. The van der Waals surface area contributed by atoms with Crippen molar-refractivity contribution in [2.24, 2.45) is 4.99 Å². The summed E-state index contributed by atoms with van der Waals surface area (Å²) in [5, 5.41) is 16.0. The Bertz CT molecular complexity index is 789. The maximum absolute atomic E-state index is 11.0. The van der Waals surface area contributed by atoms with E-state index in [2.05, 4.69) is 74.6 Å². The number of benzene rings is 2. The molecule has 2 aromatic rings. The fourth-order valence-corrected chi connectivity index (χ4v) is 6.99. The van der Waals surface area contributed by atoms with Crippen LogP contribution in [-0.2, 0) is 0 Å². The smallest absolute Gasteiger partial charge is 0.122 e. The highest BCUT2D eigenvalue weighted by Crippen LogP contribution is 2.21. The molecule has 0 heterocycles. The van der Waals surface area contributed by atoms with Gasteiger partial charge < -0.3 is 5.11 Å². The van der Waals surface area contributed by atoms with Gasteiger partial charge in [-0.1, -0.05) is 89.4 Å². The highest BCUT2D eigenvalue weighted by molar-refractivity contribution is 7.56. The number of hydrogen-bond acceptors (Lipinski definition) is 2. The minimum Gasteiger partial charge on any atom is -0.507 e. The maximum atomic E-state index is 11.0. The third-order valence-corrected chi connectivity index (χ3v) is 9.68. The number of hydrogen-bond donors (Lipinski definition) is 1. The van der Waals surface area contributed by atoms with Crippen molar-refractivity contribution in [3.8, 4) is 5.75 Å². The fraction of sp³-hybridized carbons (Fsp3) is 0.350. The first-order valence-electron chi connectivity index (χ1n) is 8.70. The Hall–Kier alpha value is -1.23. The van der Waals surface area contributed by atoms with E-state index in [9.17, 15) is 5.11 Å². The zero-order valence-electron chi connectivity index (χ0n) is 16.4. The van der Waals surface area contributed by atoms with Gasteiger partial charge in [0.2, 0.25) is 0 Å². The summed E-state index contributed by atoms with van der Waals surface area (Å²) < 4.78 is 0. The molecule has 1 unspecified atom stereocenters. The molecular weight excluding hydrogens is 357 g/mol. The van der Waals surface area contributed by atoms with E-state index in [1.165, 1.54) is 15.7 Å². The fourth-order valence-electron chi connectivity index (χ4n) is 2.74. The van der Waals surface area contributed by atoms with Crippen molar-refractivity contribution in [3.63, 3.8) is 0 Å². The van der Waals surface area contributed by atoms with Crippen LogP contribution in [0.15, 0.2) is 41.4 Å². The number of rotatable bonds is 5. The van der Waals surface area contributed by atoms with Crippen molar-refractivity contribution < 1.29 is 5.11 Å². The summed E-state index contributed by atoms with van der Waals surface area (Å²) in [6.07, 6.45) is 1.90. The Kier molecular flexibility index (Phi) is 6.08. The second kappa shape index (κ2) is 7.57. The van der Waals surface area contributed by atoms with E-state index in [1.807, 2.05) is 12.3 Å².